The number of aromatic nitrogens is 1. The summed E-state index contributed by atoms with van der Waals surface area (Å²) < 4.78 is 32.8. The molecule has 0 unspecified atom stereocenters. The molecule has 0 radical (unpaired) electrons. The Bertz CT molecular complexity index is 1160. The first-order valence-electron chi connectivity index (χ1n) is 8.32. The van der Waals surface area contributed by atoms with Crippen LogP contribution in [0.15, 0.2) is 52.4 Å². The van der Waals surface area contributed by atoms with Gasteiger partial charge in [-0.3, -0.25) is 4.79 Å². The van der Waals surface area contributed by atoms with E-state index in [1.807, 2.05) is 26.1 Å². The highest BCUT2D eigenvalue weighted by Crippen LogP contribution is 2.29. The lowest BCUT2D eigenvalue weighted by Crippen LogP contribution is -2.16. The number of aryl methyl sites for hydroxylation is 2. The fraction of sp³-hybridized carbons (Fsp3) is 0.263. The third kappa shape index (κ3) is 3.96. The molecular formula is C19H20N2O4S2. The summed E-state index contributed by atoms with van der Waals surface area (Å²) in [6.45, 7) is 1.98. The van der Waals surface area contributed by atoms with Gasteiger partial charge in [0, 0.05) is 13.5 Å². The number of carbonyl (C=O) groups excluding carboxylic acids is 1. The molecule has 2 aromatic carbocycles. The zero-order valence-corrected chi connectivity index (χ0v) is 16.9. The summed E-state index contributed by atoms with van der Waals surface area (Å²) in [4.78, 5) is 17.1. The quantitative estimate of drug-likeness (QED) is 0.655. The zero-order valence-electron chi connectivity index (χ0n) is 15.3. The van der Waals surface area contributed by atoms with Gasteiger partial charge >= 0.3 is 0 Å². The van der Waals surface area contributed by atoms with Crippen LogP contribution in [0.5, 0.6) is 5.75 Å². The van der Waals surface area contributed by atoms with Gasteiger partial charge in [0.25, 0.3) is 0 Å². The van der Waals surface area contributed by atoms with Gasteiger partial charge in [0.05, 0.1) is 22.5 Å². The highest BCUT2D eigenvalue weighted by atomic mass is 32.2. The van der Waals surface area contributed by atoms with Gasteiger partial charge < -0.3 is 9.30 Å². The van der Waals surface area contributed by atoms with Crippen LogP contribution in [0.2, 0.25) is 0 Å². The minimum atomic E-state index is -3.50. The molecule has 0 aliphatic rings. The van der Waals surface area contributed by atoms with Crippen molar-refractivity contribution < 1.29 is 17.9 Å². The maximum absolute atomic E-state index is 12.3. The minimum Gasteiger partial charge on any atom is -0.495 e. The summed E-state index contributed by atoms with van der Waals surface area (Å²) in [7, 11) is -0.0955. The predicted molar refractivity (Wildman–Crippen MR) is 106 cm³/mol. The standard InChI is InChI=1S/C19H20N2O4S2/c1-13-9-10-15(25-3)17-18(13)26-19(21(17)2)20-16(22)11-12-27(23,24)14-7-5-4-6-8-14/h4-10H,11-12H2,1-3H3. The average molecular weight is 405 g/mol. The molecule has 1 aromatic heterocycles. The number of fused-ring (bicyclic) bond motifs is 1. The number of methoxy groups -OCH3 is 1. The van der Waals surface area contributed by atoms with Gasteiger partial charge in [-0.25, -0.2) is 8.42 Å². The fourth-order valence-corrected chi connectivity index (χ4v) is 5.12. The average Bonchev–Trinajstić information content (AvgIpc) is 2.99. The molecule has 1 heterocycles. The van der Waals surface area contributed by atoms with E-state index >= 15 is 0 Å². The molecule has 0 spiro atoms. The largest absolute Gasteiger partial charge is 0.495 e. The molecule has 0 bridgehead atoms. The Hall–Kier alpha value is -2.45. The number of hydrogen-bond acceptors (Lipinski definition) is 5. The van der Waals surface area contributed by atoms with Gasteiger partial charge in [-0.05, 0) is 30.7 Å². The van der Waals surface area contributed by atoms with E-state index in [-0.39, 0.29) is 17.1 Å². The van der Waals surface area contributed by atoms with Crippen LogP contribution >= 0.6 is 11.3 Å². The third-order valence-corrected chi connectivity index (χ3v) is 7.23. The van der Waals surface area contributed by atoms with E-state index in [0.717, 1.165) is 15.8 Å². The molecule has 0 saturated carbocycles. The summed E-state index contributed by atoms with van der Waals surface area (Å²) in [5.41, 5.74) is 1.93. The number of benzene rings is 2. The number of hydrogen-bond donors (Lipinski definition) is 0. The Kier molecular flexibility index (Phi) is 5.48. The molecule has 3 rings (SSSR count). The van der Waals surface area contributed by atoms with Crippen molar-refractivity contribution >= 4 is 37.3 Å². The predicted octanol–water partition coefficient (Wildman–Crippen LogP) is 2.85. The fourth-order valence-electron chi connectivity index (χ4n) is 2.75. The topological polar surface area (TPSA) is 77.7 Å². The first kappa shape index (κ1) is 19.3. The second kappa shape index (κ2) is 7.66. The second-order valence-corrected chi connectivity index (χ2v) is 9.18. The van der Waals surface area contributed by atoms with Crippen LogP contribution in [0.3, 0.4) is 0 Å². The molecule has 3 aromatic rings. The van der Waals surface area contributed by atoms with Gasteiger partial charge in [0.15, 0.2) is 14.6 Å². The van der Waals surface area contributed by atoms with Crippen molar-refractivity contribution in [3.05, 3.63) is 52.8 Å². The second-order valence-electron chi connectivity index (χ2n) is 6.09. The molecule has 0 N–H and O–H groups in total. The van der Waals surface area contributed by atoms with E-state index in [1.165, 1.54) is 23.5 Å². The van der Waals surface area contributed by atoms with Gasteiger partial charge in [-0.15, -0.1) is 0 Å². The van der Waals surface area contributed by atoms with Crippen LogP contribution in [0.1, 0.15) is 12.0 Å². The van der Waals surface area contributed by atoms with E-state index in [4.69, 9.17) is 4.74 Å². The first-order chi connectivity index (χ1) is 12.8. The molecule has 1 amide bonds. The molecule has 6 nitrogen and oxygen atoms in total. The number of nitrogens with zero attached hydrogens (tertiary/aromatic N) is 2. The lowest BCUT2D eigenvalue weighted by atomic mass is 10.2. The third-order valence-electron chi connectivity index (χ3n) is 4.23. The van der Waals surface area contributed by atoms with E-state index in [0.29, 0.717) is 10.6 Å². The monoisotopic (exact) mass is 404 g/mol. The van der Waals surface area contributed by atoms with Crippen molar-refractivity contribution in [1.29, 1.82) is 0 Å². The molecule has 8 heteroatoms. The maximum Gasteiger partial charge on any atom is 0.249 e. The van der Waals surface area contributed by atoms with Crippen LogP contribution in [-0.2, 0) is 21.7 Å². The maximum atomic E-state index is 12.3. The molecule has 0 fully saturated rings. The van der Waals surface area contributed by atoms with Crippen LogP contribution in [0.4, 0.5) is 0 Å². The Balaban J connectivity index is 1.88. The summed E-state index contributed by atoms with van der Waals surface area (Å²) in [5, 5.41) is 0. The van der Waals surface area contributed by atoms with Crippen molar-refractivity contribution in [3.8, 4) is 5.75 Å². The number of rotatable bonds is 5. The summed E-state index contributed by atoms with van der Waals surface area (Å²) >= 11 is 1.38. The summed E-state index contributed by atoms with van der Waals surface area (Å²) in [5.74, 6) is -0.0285. The van der Waals surface area contributed by atoms with Crippen LogP contribution < -0.4 is 9.54 Å². The molecule has 0 aliphatic carbocycles. The van der Waals surface area contributed by atoms with Crippen molar-refractivity contribution in [2.75, 3.05) is 12.9 Å². The Labute approximate surface area is 161 Å². The zero-order chi connectivity index (χ0) is 19.6. The van der Waals surface area contributed by atoms with Crippen molar-refractivity contribution in [2.45, 2.75) is 18.2 Å². The van der Waals surface area contributed by atoms with E-state index in [2.05, 4.69) is 4.99 Å². The molecule has 0 saturated heterocycles. The molecule has 0 aliphatic heterocycles. The molecular weight excluding hydrogens is 384 g/mol. The Morgan fingerprint density at radius 3 is 2.56 bits per heavy atom. The van der Waals surface area contributed by atoms with E-state index < -0.39 is 15.7 Å². The smallest absolute Gasteiger partial charge is 0.249 e. The van der Waals surface area contributed by atoms with Crippen LogP contribution in [0.25, 0.3) is 10.2 Å². The van der Waals surface area contributed by atoms with E-state index in [1.54, 1.807) is 29.9 Å². The highest BCUT2D eigenvalue weighted by Gasteiger charge is 2.17. The van der Waals surface area contributed by atoms with Gasteiger partial charge in [-0.2, -0.15) is 4.99 Å². The Morgan fingerprint density at radius 2 is 1.89 bits per heavy atom. The Morgan fingerprint density at radius 1 is 1.19 bits per heavy atom. The van der Waals surface area contributed by atoms with Crippen molar-refractivity contribution in [1.82, 2.24) is 4.57 Å². The first-order valence-corrected chi connectivity index (χ1v) is 10.8. The number of thiazole rings is 1. The number of carbonyl (C=O) groups is 1. The van der Waals surface area contributed by atoms with E-state index in [9.17, 15) is 13.2 Å². The highest BCUT2D eigenvalue weighted by molar-refractivity contribution is 7.91. The number of sulfone groups is 1. The van der Waals surface area contributed by atoms with Gasteiger partial charge in [0.2, 0.25) is 5.91 Å². The van der Waals surface area contributed by atoms with Crippen molar-refractivity contribution in [3.63, 3.8) is 0 Å². The van der Waals surface area contributed by atoms with Crippen molar-refractivity contribution in [2.24, 2.45) is 12.0 Å². The molecule has 27 heavy (non-hydrogen) atoms. The number of ether oxygens (including phenoxy) is 1. The number of amides is 1. The van der Waals surface area contributed by atoms with Gasteiger partial charge in [0.1, 0.15) is 11.3 Å². The van der Waals surface area contributed by atoms with Gasteiger partial charge in [-0.1, -0.05) is 35.6 Å². The summed E-state index contributed by atoms with van der Waals surface area (Å²) in [6.07, 6.45) is -0.165. The van der Waals surface area contributed by atoms with Crippen LogP contribution in [-0.4, -0.2) is 31.8 Å². The normalized spacial score (nSPS) is 12.5. The minimum absolute atomic E-state index is 0.165. The summed E-state index contributed by atoms with van der Waals surface area (Å²) in [6, 6.07) is 11.9. The molecule has 0 atom stereocenters. The lowest BCUT2D eigenvalue weighted by Gasteiger charge is -2.05. The van der Waals surface area contributed by atoms with Crippen LogP contribution in [0, 0.1) is 6.92 Å². The SMILES string of the molecule is COc1ccc(C)c2sc(=NC(=O)CCS(=O)(=O)c3ccccc3)n(C)c12. The lowest BCUT2D eigenvalue weighted by molar-refractivity contribution is -0.117. The molecule has 142 valence electrons.